The van der Waals surface area contributed by atoms with E-state index in [4.69, 9.17) is 16.2 Å². The lowest BCUT2D eigenvalue weighted by Gasteiger charge is -2.08. The number of carbonyl (C=O) groups is 2. The van der Waals surface area contributed by atoms with Crippen LogP contribution < -0.4 is 11.5 Å². The van der Waals surface area contributed by atoms with Crippen molar-refractivity contribution in [3.63, 3.8) is 0 Å². The third-order valence-electron chi connectivity index (χ3n) is 1.94. The van der Waals surface area contributed by atoms with Crippen LogP contribution in [0.2, 0.25) is 0 Å². The Hall–Kier alpha value is -1.92. The van der Waals surface area contributed by atoms with Crippen LogP contribution in [0.3, 0.4) is 0 Å². The number of nitrogens with two attached hydrogens (primary N) is 2. The third-order valence-corrected chi connectivity index (χ3v) is 1.94. The van der Waals surface area contributed by atoms with E-state index in [2.05, 4.69) is 4.74 Å². The molecule has 0 aromatic heterocycles. The molecule has 0 aliphatic heterocycles. The highest BCUT2D eigenvalue weighted by atomic mass is 16.7. The van der Waals surface area contributed by atoms with Crippen molar-refractivity contribution in [1.29, 1.82) is 0 Å². The first-order valence-corrected chi connectivity index (χ1v) is 5.01. The number of hydrogen-bond acceptors (Lipinski definition) is 6. The Kier molecular flexibility index (Phi) is 5.12. The molecular formula is C11H14N2O4. The number of hydrogen-bond donors (Lipinski definition) is 2. The highest BCUT2D eigenvalue weighted by molar-refractivity contribution is 5.85. The zero-order chi connectivity index (χ0) is 12.7. The summed E-state index contributed by atoms with van der Waals surface area (Å²) in [5, 5.41) is 0. The van der Waals surface area contributed by atoms with Gasteiger partial charge in [0, 0.05) is 6.54 Å². The fourth-order valence-electron chi connectivity index (χ4n) is 1.00. The first kappa shape index (κ1) is 13.1. The molecule has 1 rings (SSSR count). The van der Waals surface area contributed by atoms with Crippen molar-refractivity contribution in [3.8, 4) is 0 Å². The first-order valence-electron chi connectivity index (χ1n) is 5.01. The van der Waals surface area contributed by atoms with Crippen LogP contribution in [0.5, 0.6) is 0 Å². The lowest BCUT2D eigenvalue weighted by molar-refractivity contribution is -0.141. The van der Waals surface area contributed by atoms with Gasteiger partial charge in [0.1, 0.15) is 12.6 Å². The predicted molar refractivity (Wildman–Crippen MR) is 59.7 cm³/mol. The summed E-state index contributed by atoms with van der Waals surface area (Å²) in [5.74, 6) is -0.898. The van der Waals surface area contributed by atoms with Crippen LogP contribution in [0.1, 0.15) is 5.56 Å². The van der Waals surface area contributed by atoms with Crippen molar-refractivity contribution in [2.75, 3.05) is 6.54 Å². The molecule has 0 aliphatic carbocycles. The van der Waals surface area contributed by atoms with Crippen molar-refractivity contribution < 1.29 is 19.1 Å². The van der Waals surface area contributed by atoms with E-state index in [1.807, 2.05) is 6.07 Å². The Bertz CT molecular complexity index is 380. The SMILES string of the molecule is NCC(N)C(=O)OC(=O)OCc1ccccc1. The van der Waals surface area contributed by atoms with Crippen LogP contribution in [0.15, 0.2) is 30.3 Å². The molecule has 0 aliphatic rings. The maximum atomic E-state index is 11.1. The van der Waals surface area contributed by atoms with Gasteiger partial charge in [0.05, 0.1) is 0 Å². The van der Waals surface area contributed by atoms with Gasteiger partial charge < -0.3 is 20.9 Å². The Morgan fingerprint density at radius 2 is 1.88 bits per heavy atom. The Labute approximate surface area is 98.5 Å². The summed E-state index contributed by atoms with van der Waals surface area (Å²) in [5.41, 5.74) is 11.2. The maximum absolute atomic E-state index is 11.1. The van der Waals surface area contributed by atoms with E-state index >= 15 is 0 Å². The van der Waals surface area contributed by atoms with Gasteiger partial charge >= 0.3 is 12.1 Å². The van der Waals surface area contributed by atoms with Crippen LogP contribution in [0, 0.1) is 0 Å². The normalized spacial score (nSPS) is 11.6. The monoisotopic (exact) mass is 238 g/mol. The molecule has 0 saturated carbocycles. The van der Waals surface area contributed by atoms with Crippen molar-refractivity contribution in [3.05, 3.63) is 35.9 Å². The molecule has 92 valence electrons. The molecule has 6 nitrogen and oxygen atoms in total. The van der Waals surface area contributed by atoms with Gasteiger partial charge in [-0.25, -0.2) is 9.59 Å². The van der Waals surface area contributed by atoms with Crippen LogP contribution in [-0.2, 0) is 20.9 Å². The summed E-state index contributed by atoms with van der Waals surface area (Å²) in [6.07, 6.45) is -1.08. The summed E-state index contributed by atoms with van der Waals surface area (Å²) in [7, 11) is 0. The van der Waals surface area contributed by atoms with Crippen LogP contribution in [0.4, 0.5) is 4.79 Å². The van der Waals surface area contributed by atoms with Gasteiger partial charge in [0.2, 0.25) is 0 Å². The van der Waals surface area contributed by atoms with Crippen molar-refractivity contribution in [1.82, 2.24) is 0 Å². The second-order valence-electron chi connectivity index (χ2n) is 3.29. The molecule has 0 fully saturated rings. The molecule has 1 aromatic carbocycles. The zero-order valence-corrected chi connectivity index (χ0v) is 9.17. The largest absolute Gasteiger partial charge is 0.516 e. The van der Waals surface area contributed by atoms with E-state index in [9.17, 15) is 9.59 Å². The molecule has 0 saturated heterocycles. The highest BCUT2D eigenvalue weighted by Gasteiger charge is 2.18. The van der Waals surface area contributed by atoms with Gasteiger partial charge in [-0.1, -0.05) is 30.3 Å². The summed E-state index contributed by atoms with van der Waals surface area (Å²) in [4.78, 5) is 22.2. The van der Waals surface area contributed by atoms with E-state index in [-0.39, 0.29) is 13.2 Å². The fraction of sp³-hybridized carbons (Fsp3) is 0.273. The van der Waals surface area contributed by atoms with Gasteiger partial charge in [-0.2, -0.15) is 0 Å². The minimum absolute atomic E-state index is 0.0326. The lowest BCUT2D eigenvalue weighted by Crippen LogP contribution is -2.40. The van der Waals surface area contributed by atoms with E-state index in [0.717, 1.165) is 5.56 Å². The molecule has 0 spiro atoms. The third kappa shape index (κ3) is 4.62. The number of benzene rings is 1. The predicted octanol–water partition coefficient (Wildman–Crippen LogP) is 0.152. The second kappa shape index (κ2) is 6.62. The lowest BCUT2D eigenvalue weighted by atomic mass is 10.2. The molecule has 0 bridgehead atoms. The van der Waals surface area contributed by atoms with E-state index in [1.54, 1.807) is 24.3 Å². The first-order chi connectivity index (χ1) is 8.13. The minimum atomic E-state index is -1.08. The average molecular weight is 238 g/mol. The molecule has 1 atom stereocenters. The minimum Gasteiger partial charge on any atom is -0.429 e. The molecule has 0 radical (unpaired) electrons. The van der Waals surface area contributed by atoms with E-state index in [1.165, 1.54) is 0 Å². The zero-order valence-electron chi connectivity index (χ0n) is 9.17. The average Bonchev–Trinajstić information content (AvgIpc) is 2.36. The Morgan fingerprint density at radius 1 is 1.24 bits per heavy atom. The number of ether oxygens (including phenoxy) is 2. The summed E-state index contributed by atoms with van der Waals surface area (Å²) < 4.78 is 9.03. The van der Waals surface area contributed by atoms with Gasteiger partial charge in [0.25, 0.3) is 0 Å². The smallest absolute Gasteiger partial charge is 0.429 e. The Morgan fingerprint density at radius 3 is 2.47 bits per heavy atom. The van der Waals surface area contributed by atoms with E-state index < -0.39 is 18.2 Å². The topological polar surface area (TPSA) is 105 Å². The Balaban J connectivity index is 2.33. The molecule has 6 heteroatoms. The fourth-order valence-corrected chi connectivity index (χ4v) is 1.00. The van der Waals surface area contributed by atoms with Gasteiger partial charge in [-0.05, 0) is 5.56 Å². The molecule has 1 unspecified atom stereocenters. The molecule has 17 heavy (non-hydrogen) atoms. The second-order valence-corrected chi connectivity index (χ2v) is 3.29. The van der Waals surface area contributed by atoms with Crippen LogP contribution in [-0.4, -0.2) is 24.7 Å². The molecule has 0 heterocycles. The van der Waals surface area contributed by atoms with Gasteiger partial charge in [-0.3, -0.25) is 0 Å². The summed E-state index contributed by atoms with van der Waals surface area (Å²) in [6.45, 7) is -0.0599. The molecular weight excluding hydrogens is 224 g/mol. The van der Waals surface area contributed by atoms with Crippen molar-refractivity contribution in [2.24, 2.45) is 11.5 Å². The molecule has 4 N–H and O–H groups in total. The highest BCUT2D eigenvalue weighted by Crippen LogP contribution is 2.01. The van der Waals surface area contributed by atoms with Crippen molar-refractivity contribution in [2.45, 2.75) is 12.6 Å². The van der Waals surface area contributed by atoms with Crippen LogP contribution >= 0.6 is 0 Å². The summed E-state index contributed by atoms with van der Waals surface area (Å²) in [6, 6.07) is 7.99. The van der Waals surface area contributed by atoms with Gasteiger partial charge in [-0.15, -0.1) is 0 Å². The number of esters is 1. The standard InChI is InChI=1S/C11H14N2O4/c12-6-9(13)10(14)17-11(15)16-7-8-4-2-1-3-5-8/h1-5,9H,6-7,12-13H2. The number of rotatable bonds is 4. The van der Waals surface area contributed by atoms with Crippen LogP contribution in [0.25, 0.3) is 0 Å². The molecule has 0 amide bonds. The van der Waals surface area contributed by atoms with Crippen molar-refractivity contribution >= 4 is 12.1 Å². The maximum Gasteiger partial charge on any atom is 0.516 e. The van der Waals surface area contributed by atoms with Gasteiger partial charge in [0.15, 0.2) is 0 Å². The number of carbonyl (C=O) groups excluding carboxylic acids is 2. The molecule has 1 aromatic rings. The quantitative estimate of drug-likeness (QED) is 0.571. The summed E-state index contributed by atoms with van der Waals surface area (Å²) >= 11 is 0. The van der Waals surface area contributed by atoms with E-state index in [0.29, 0.717) is 0 Å².